The molecule has 1 aliphatic heterocycles. The molecule has 112 valence electrons. The highest BCUT2D eigenvalue weighted by atomic mass is 19.1. The molecular formula is C18H23FN2. The zero-order valence-electron chi connectivity index (χ0n) is 12.6. The van der Waals surface area contributed by atoms with Crippen LogP contribution in [0.25, 0.3) is 10.8 Å². The standard InChI is InChI=1S/C18H23FN2/c1-14-6-7-17(16-5-3-2-4-15(14)16)18(8-9-19)21-12-10-20-11-13-21/h2-7,18,20H,8-13H2,1H3/t18-/m0/s1. The van der Waals surface area contributed by atoms with E-state index >= 15 is 0 Å². The summed E-state index contributed by atoms with van der Waals surface area (Å²) in [7, 11) is 0. The molecule has 0 unspecified atom stereocenters. The highest BCUT2D eigenvalue weighted by Crippen LogP contribution is 2.32. The number of aryl methyl sites for hydroxylation is 1. The third-order valence-electron chi connectivity index (χ3n) is 4.51. The summed E-state index contributed by atoms with van der Waals surface area (Å²) in [6.07, 6.45) is 0.576. The first kappa shape index (κ1) is 14.5. The molecule has 0 amide bonds. The van der Waals surface area contributed by atoms with Crippen LogP contribution in [0.1, 0.15) is 23.6 Å². The van der Waals surface area contributed by atoms with Crippen LogP contribution in [0.4, 0.5) is 4.39 Å². The summed E-state index contributed by atoms with van der Waals surface area (Å²) in [4.78, 5) is 2.42. The number of halogens is 1. The van der Waals surface area contributed by atoms with Gasteiger partial charge in [0.2, 0.25) is 0 Å². The fourth-order valence-corrected chi connectivity index (χ4v) is 3.40. The van der Waals surface area contributed by atoms with Crippen molar-refractivity contribution in [1.29, 1.82) is 0 Å². The van der Waals surface area contributed by atoms with Gasteiger partial charge in [-0.15, -0.1) is 0 Å². The first-order chi connectivity index (χ1) is 10.3. The summed E-state index contributed by atoms with van der Waals surface area (Å²) < 4.78 is 13.1. The normalized spacial score (nSPS) is 18.0. The van der Waals surface area contributed by atoms with Gasteiger partial charge in [-0.1, -0.05) is 36.4 Å². The lowest BCUT2D eigenvalue weighted by molar-refractivity contribution is 0.158. The lowest BCUT2D eigenvalue weighted by atomic mass is 9.93. The predicted octanol–water partition coefficient (Wildman–Crippen LogP) is 3.45. The Kier molecular flexibility index (Phi) is 4.51. The van der Waals surface area contributed by atoms with Crippen LogP contribution in [0, 0.1) is 6.92 Å². The molecule has 2 aromatic rings. The van der Waals surface area contributed by atoms with Crippen LogP contribution < -0.4 is 5.32 Å². The number of alkyl halides is 1. The molecule has 0 aromatic heterocycles. The van der Waals surface area contributed by atoms with Gasteiger partial charge in [0.15, 0.2) is 0 Å². The Morgan fingerprint density at radius 2 is 1.81 bits per heavy atom. The summed E-state index contributed by atoms with van der Waals surface area (Å²) in [5, 5.41) is 5.93. The third-order valence-corrected chi connectivity index (χ3v) is 4.51. The van der Waals surface area contributed by atoms with Crippen molar-refractivity contribution in [3.63, 3.8) is 0 Å². The summed E-state index contributed by atoms with van der Waals surface area (Å²) in [5.74, 6) is 0. The van der Waals surface area contributed by atoms with Crippen LogP contribution in [-0.2, 0) is 0 Å². The third kappa shape index (κ3) is 2.94. The SMILES string of the molecule is Cc1ccc([C@H](CCF)N2CCNCC2)c2ccccc12. The minimum Gasteiger partial charge on any atom is -0.314 e. The van der Waals surface area contributed by atoms with Crippen LogP contribution in [0.15, 0.2) is 36.4 Å². The van der Waals surface area contributed by atoms with Gasteiger partial charge in [-0.05, 0) is 35.2 Å². The van der Waals surface area contributed by atoms with Crippen molar-refractivity contribution in [3.8, 4) is 0 Å². The molecule has 0 radical (unpaired) electrons. The van der Waals surface area contributed by atoms with Crippen LogP contribution in [0.3, 0.4) is 0 Å². The topological polar surface area (TPSA) is 15.3 Å². The van der Waals surface area contributed by atoms with E-state index in [1.54, 1.807) is 0 Å². The zero-order valence-corrected chi connectivity index (χ0v) is 12.6. The second kappa shape index (κ2) is 6.54. The maximum Gasteiger partial charge on any atom is 0.0912 e. The van der Waals surface area contributed by atoms with Crippen molar-refractivity contribution in [2.45, 2.75) is 19.4 Å². The van der Waals surface area contributed by atoms with E-state index in [4.69, 9.17) is 0 Å². The van der Waals surface area contributed by atoms with Crippen molar-refractivity contribution in [2.24, 2.45) is 0 Å². The van der Waals surface area contributed by atoms with E-state index in [2.05, 4.69) is 53.5 Å². The first-order valence-electron chi connectivity index (χ1n) is 7.80. The number of rotatable bonds is 4. The molecule has 0 bridgehead atoms. The van der Waals surface area contributed by atoms with E-state index in [0.717, 1.165) is 26.2 Å². The molecule has 1 atom stereocenters. The van der Waals surface area contributed by atoms with E-state index in [9.17, 15) is 4.39 Å². The zero-order chi connectivity index (χ0) is 14.7. The molecule has 0 spiro atoms. The minimum absolute atomic E-state index is 0.183. The van der Waals surface area contributed by atoms with Crippen LogP contribution in [-0.4, -0.2) is 37.8 Å². The number of hydrogen-bond donors (Lipinski definition) is 1. The van der Waals surface area contributed by atoms with Gasteiger partial charge in [0.25, 0.3) is 0 Å². The van der Waals surface area contributed by atoms with Crippen molar-refractivity contribution in [3.05, 3.63) is 47.5 Å². The van der Waals surface area contributed by atoms with Gasteiger partial charge in [-0.25, -0.2) is 0 Å². The molecule has 1 N–H and O–H groups in total. The van der Waals surface area contributed by atoms with E-state index in [-0.39, 0.29) is 12.7 Å². The predicted molar refractivity (Wildman–Crippen MR) is 86.5 cm³/mol. The number of nitrogens with zero attached hydrogens (tertiary/aromatic N) is 1. The second-order valence-corrected chi connectivity index (χ2v) is 5.80. The van der Waals surface area contributed by atoms with Crippen LogP contribution >= 0.6 is 0 Å². The van der Waals surface area contributed by atoms with Crippen molar-refractivity contribution in [2.75, 3.05) is 32.9 Å². The van der Waals surface area contributed by atoms with Gasteiger partial charge in [0.05, 0.1) is 6.67 Å². The van der Waals surface area contributed by atoms with E-state index in [1.807, 2.05) is 0 Å². The van der Waals surface area contributed by atoms with Gasteiger partial charge in [-0.2, -0.15) is 0 Å². The molecule has 0 saturated carbocycles. The molecule has 1 fully saturated rings. The summed E-state index contributed by atoms with van der Waals surface area (Å²) in [6, 6.07) is 13.0. The lowest BCUT2D eigenvalue weighted by Crippen LogP contribution is -2.45. The molecule has 1 saturated heterocycles. The van der Waals surface area contributed by atoms with E-state index in [0.29, 0.717) is 6.42 Å². The quantitative estimate of drug-likeness (QED) is 0.926. The Balaban J connectivity index is 2.04. The average molecular weight is 286 g/mol. The molecule has 2 aromatic carbocycles. The smallest absolute Gasteiger partial charge is 0.0912 e. The number of benzene rings is 2. The van der Waals surface area contributed by atoms with E-state index < -0.39 is 0 Å². The Morgan fingerprint density at radius 1 is 1.10 bits per heavy atom. The lowest BCUT2D eigenvalue weighted by Gasteiger charge is -2.35. The maximum absolute atomic E-state index is 13.1. The number of piperazine rings is 1. The fraction of sp³-hybridized carbons (Fsp3) is 0.444. The summed E-state index contributed by atoms with van der Waals surface area (Å²) >= 11 is 0. The van der Waals surface area contributed by atoms with Gasteiger partial charge >= 0.3 is 0 Å². The molecule has 0 aliphatic carbocycles. The Morgan fingerprint density at radius 3 is 2.52 bits per heavy atom. The molecule has 3 rings (SSSR count). The Labute approximate surface area is 126 Å². The Bertz CT molecular complexity index is 605. The van der Waals surface area contributed by atoms with Gasteiger partial charge in [-0.3, -0.25) is 9.29 Å². The first-order valence-corrected chi connectivity index (χ1v) is 7.80. The minimum atomic E-state index is -0.267. The molecular weight excluding hydrogens is 263 g/mol. The fourth-order valence-electron chi connectivity index (χ4n) is 3.40. The molecule has 1 heterocycles. The number of nitrogens with one attached hydrogen (secondary N) is 1. The number of hydrogen-bond acceptors (Lipinski definition) is 2. The van der Waals surface area contributed by atoms with Gasteiger partial charge in [0.1, 0.15) is 0 Å². The maximum atomic E-state index is 13.1. The van der Waals surface area contributed by atoms with Gasteiger partial charge in [0, 0.05) is 32.2 Å². The highest BCUT2D eigenvalue weighted by molar-refractivity contribution is 5.88. The molecule has 1 aliphatic rings. The summed E-state index contributed by atoms with van der Waals surface area (Å²) in [5.41, 5.74) is 2.56. The van der Waals surface area contributed by atoms with E-state index in [1.165, 1.54) is 21.9 Å². The average Bonchev–Trinajstić information content (AvgIpc) is 2.55. The van der Waals surface area contributed by atoms with Crippen molar-refractivity contribution < 1.29 is 4.39 Å². The second-order valence-electron chi connectivity index (χ2n) is 5.80. The summed E-state index contributed by atoms with van der Waals surface area (Å²) in [6.45, 7) is 5.84. The Hall–Kier alpha value is -1.45. The monoisotopic (exact) mass is 286 g/mol. The van der Waals surface area contributed by atoms with Gasteiger partial charge < -0.3 is 5.32 Å². The highest BCUT2D eigenvalue weighted by Gasteiger charge is 2.23. The van der Waals surface area contributed by atoms with Crippen LogP contribution in [0.2, 0.25) is 0 Å². The largest absolute Gasteiger partial charge is 0.314 e. The van der Waals surface area contributed by atoms with Crippen molar-refractivity contribution in [1.82, 2.24) is 10.2 Å². The van der Waals surface area contributed by atoms with Crippen molar-refractivity contribution >= 4 is 10.8 Å². The molecule has 2 nitrogen and oxygen atoms in total. The van der Waals surface area contributed by atoms with Crippen LogP contribution in [0.5, 0.6) is 0 Å². The molecule has 3 heteroatoms. The molecule has 21 heavy (non-hydrogen) atoms. The number of fused-ring (bicyclic) bond motifs is 1.